The highest BCUT2D eigenvalue weighted by Gasteiger charge is 2.17. The number of amides is 3. The first-order chi connectivity index (χ1) is 10.6. The van der Waals surface area contributed by atoms with E-state index in [0.29, 0.717) is 16.3 Å². The quantitative estimate of drug-likeness (QED) is 0.654. The van der Waals surface area contributed by atoms with E-state index >= 15 is 0 Å². The second kappa shape index (κ2) is 7.44. The van der Waals surface area contributed by atoms with Gasteiger partial charge in [-0.05, 0) is 17.7 Å². The number of hydrogen-bond acceptors (Lipinski definition) is 3. The Morgan fingerprint density at radius 2 is 1.59 bits per heavy atom. The molecule has 0 aliphatic carbocycles. The van der Waals surface area contributed by atoms with Gasteiger partial charge in [0.25, 0.3) is 5.91 Å². The largest absolute Gasteiger partial charge is 0.378 e. The predicted molar refractivity (Wildman–Crippen MR) is 83.2 cm³/mol. The Bertz CT molecular complexity index is 664. The smallest absolute Gasteiger partial charge is 0.337 e. The standard InChI is InChI=1S/C15H14ClN3O3/c16-11-8-4-5-9-12(11)17-15(22)19-18-14(21)13(20)10-6-2-1-3-7-10/h1-9,13,20H,(H,18,21)(H2,17,19,22)/t13-/m0/s1. The molecular weight excluding hydrogens is 306 g/mol. The average molecular weight is 320 g/mol. The normalized spacial score (nSPS) is 11.4. The zero-order chi connectivity index (χ0) is 15.9. The summed E-state index contributed by atoms with van der Waals surface area (Å²) in [6, 6.07) is 14.4. The molecule has 0 aliphatic heterocycles. The summed E-state index contributed by atoms with van der Waals surface area (Å²) in [6.45, 7) is 0. The first-order valence-corrected chi connectivity index (χ1v) is 6.80. The van der Waals surface area contributed by atoms with Gasteiger partial charge in [0.15, 0.2) is 6.10 Å². The monoisotopic (exact) mass is 319 g/mol. The highest BCUT2D eigenvalue weighted by Crippen LogP contribution is 2.20. The van der Waals surface area contributed by atoms with Crippen molar-refractivity contribution in [1.29, 1.82) is 0 Å². The van der Waals surface area contributed by atoms with Gasteiger partial charge in [-0.25, -0.2) is 10.2 Å². The molecule has 0 aliphatic rings. The molecule has 0 bridgehead atoms. The van der Waals surface area contributed by atoms with Crippen molar-refractivity contribution in [2.45, 2.75) is 6.10 Å². The summed E-state index contributed by atoms with van der Waals surface area (Å²) < 4.78 is 0. The molecule has 2 aromatic rings. The number of hydrazine groups is 1. The maximum absolute atomic E-state index is 11.7. The van der Waals surface area contributed by atoms with Crippen molar-refractivity contribution in [1.82, 2.24) is 10.9 Å². The molecule has 0 saturated carbocycles. The number of carbonyl (C=O) groups excluding carboxylic acids is 2. The van der Waals surface area contributed by atoms with Gasteiger partial charge in [-0.3, -0.25) is 10.2 Å². The Hall–Kier alpha value is -2.57. The van der Waals surface area contributed by atoms with Crippen molar-refractivity contribution in [2.24, 2.45) is 0 Å². The minimum absolute atomic E-state index is 0.369. The van der Waals surface area contributed by atoms with Crippen molar-refractivity contribution in [2.75, 3.05) is 5.32 Å². The maximum atomic E-state index is 11.7. The van der Waals surface area contributed by atoms with E-state index < -0.39 is 18.0 Å². The van der Waals surface area contributed by atoms with E-state index in [0.717, 1.165) is 0 Å². The van der Waals surface area contributed by atoms with Crippen LogP contribution in [-0.4, -0.2) is 17.0 Å². The van der Waals surface area contributed by atoms with Gasteiger partial charge in [0.05, 0.1) is 10.7 Å². The van der Waals surface area contributed by atoms with Crippen LogP contribution >= 0.6 is 11.6 Å². The number of urea groups is 1. The number of benzene rings is 2. The lowest BCUT2D eigenvalue weighted by molar-refractivity contribution is -0.130. The molecule has 1 atom stereocenters. The Kier molecular flexibility index (Phi) is 5.35. The van der Waals surface area contributed by atoms with Crippen LogP contribution in [0.2, 0.25) is 5.02 Å². The summed E-state index contributed by atoms with van der Waals surface area (Å²) in [6.07, 6.45) is -1.37. The summed E-state index contributed by atoms with van der Waals surface area (Å²) in [5.74, 6) is -0.750. The number of rotatable bonds is 3. The minimum Gasteiger partial charge on any atom is -0.378 e. The van der Waals surface area contributed by atoms with Crippen molar-refractivity contribution in [3.05, 3.63) is 65.2 Å². The molecule has 0 unspecified atom stereocenters. The number of halogens is 1. The van der Waals surface area contributed by atoms with Crippen LogP contribution < -0.4 is 16.2 Å². The van der Waals surface area contributed by atoms with Gasteiger partial charge in [0.2, 0.25) is 0 Å². The summed E-state index contributed by atoms with van der Waals surface area (Å²) in [7, 11) is 0. The molecule has 0 fully saturated rings. The number of para-hydroxylation sites is 1. The molecule has 3 amide bonds. The van der Waals surface area contributed by atoms with Crippen molar-refractivity contribution in [3.8, 4) is 0 Å². The van der Waals surface area contributed by atoms with Crippen LogP contribution in [0.3, 0.4) is 0 Å². The fraction of sp³-hybridized carbons (Fsp3) is 0.0667. The first-order valence-electron chi connectivity index (χ1n) is 6.42. The molecule has 0 spiro atoms. The molecule has 2 aromatic carbocycles. The maximum Gasteiger partial charge on any atom is 0.337 e. The van der Waals surface area contributed by atoms with Gasteiger partial charge in [0.1, 0.15) is 0 Å². The van der Waals surface area contributed by atoms with Crippen LogP contribution in [0.25, 0.3) is 0 Å². The first kappa shape index (κ1) is 15.8. The van der Waals surface area contributed by atoms with Crippen molar-refractivity contribution in [3.63, 3.8) is 0 Å². The summed E-state index contributed by atoms with van der Waals surface area (Å²) >= 11 is 5.89. The average Bonchev–Trinajstić information content (AvgIpc) is 2.55. The van der Waals surface area contributed by atoms with Gasteiger partial charge in [-0.2, -0.15) is 0 Å². The molecule has 6 nitrogen and oxygen atoms in total. The van der Waals surface area contributed by atoms with Crippen LogP contribution in [0.1, 0.15) is 11.7 Å². The highest BCUT2D eigenvalue weighted by atomic mass is 35.5. The number of anilines is 1. The number of nitrogens with one attached hydrogen (secondary N) is 3. The highest BCUT2D eigenvalue weighted by molar-refractivity contribution is 6.33. The van der Waals surface area contributed by atoms with Crippen LogP contribution in [0.15, 0.2) is 54.6 Å². The third-order valence-corrected chi connectivity index (χ3v) is 3.11. The molecule has 7 heteroatoms. The molecule has 22 heavy (non-hydrogen) atoms. The zero-order valence-corrected chi connectivity index (χ0v) is 12.2. The van der Waals surface area contributed by atoms with E-state index in [1.165, 1.54) is 0 Å². The number of carbonyl (C=O) groups is 2. The Labute approximate surface area is 132 Å². The number of aliphatic hydroxyl groups excluding tert-OH is 1. The van der Waals surface area contributed by atoms with Gasteiger partial charge >= 0.3 is 6.03 Å². The van der Waals surface area contributed by atoms with E-state index in [2.05, 4.69) is 16.2 Å². The van der Waals surface area contributed by atoms with Crippen LogP contribution in [0, 0.1) is 0 Å². The van der Waals surface area contributed by atoms with Gasteiger partial charge in [-0.1, -0.05) is 54.1 Å². The van der Waals surface area contributed by atoms with E-state index in [1.54, 1.807) is 54.6 Å². The lowest BCUT2D eigenvalue weighted by Gasteiger charge is -2.13. The molecule has 2 rings (SSSR count). The molecule has 0 radical (unpaired) electrons. The Balaban J connectivity index is 1.86. The van der Waals surface area contributed by atoms with Crippen molar-refractivity contribution >= 4 is 29.2 Å². The zero-order valence-electron chi connectivity index (χ0n) is 11.4. The van der Waals surface area contributed by atoms with Gasteiger partial charge in [-0.15, -0.1) is 0 Å². The third kappa shape index (κ3) is 4.21. The number of hydrogen-bond donors (Lipinski definition) is 4. The Morgan fingerprint density at radius 3 is 2.27 bits per heavy atom. The molecule has 0 heterocycles. The van der Waals surface area contributed by atoms with Crippen molar-refractivity contribution < 1.29 is 14.7 Å². The molecular formula is C15H14ClN3O3. The minimum atomic E-state index is -1.37. The lowest BCUT2D eigenvalue weighted by Crippen LogP contribution is -2.45. The summed E-state index contributed by atoms with van der Waals surface area (Å²) in [5, 5.41) is 12.7. The molecule has 4 N–H and O–H groups in total. The van der Waals surface area contributed by atoms with E-state index in [-0.39, 0.29) is 0 Å². The van der Waals surface area contributed by atoms with Crippen LogP contribution in [0.5, 0.6) is 0 Å². The van der Waals surface area contributed by atoms with E-state index in [4.69, 9.17) is 11.6 Å². The summed E-state index contributed by atoms with van der Waals surface area (Å²) in [4.78, 5) is 23.4. The van der Waals surface area contributed by atoms with E-state index in [9.17, 15) is 14.7 Å². The second-order valence-corrected chi connectivity index (χ2v) is 4.77. The third-order valence-electron chi connectivity index (χ3n) is 2.78. The number of aliphatic hydroxyl groups is 1. The van der Waals surface area contributed by atoms with Gasteiger partial charge < -0.3 is 10.4 Å². The molecule has 0 aromatic heterocycles. The Morgan fingerprint density at radius 1 is 0.955 bits per heavy atom. The fourth-order valence-electron chi connectivity index (χ4n) is 1.69. The van der Waals surface area contributed by atoms with Gasteiger partial charge in [0, 0.05) is 0 Å². The second-order valence-electron chi connectivity index (χ2n) is 4.36. The molecule has 114 valence electrons. The van der Waals surface area contributed by atoms with Crippen LogP contribution in [-0.2, 0) is 4.79 Å². The SMILES string of the molecule is O=C(NNC(=O)[C@@H](O)c1ccccc1)Nc1ccccc1Cl. The van der Waals surface area contributed by atoms with E-state index in [1.807, 2.05) is 0 Å². The predicted octanol–water partition coefficient (Wildman–Crippen LogP) is 2.23. The summed E-state index contributed by atoms with van der Waals surface area (Å²) in [5.41, 5.74) is 5.09. The van der Waals surface area contributed by atoms with Crippen LogP contribution in [0.4, 0.5) is 10.5 Å². The lowest BCUT2D eigenvalue weighted by atomic mass is 10.1. The topological polar surface area (TPSA) is 90.5 Å². The molecule has 0 saturated heterocycles. The fourth-order valence-corrected chi connectivity index (χ4v) is 1.87.